The van der Waals surface area contributed by atoms with Crippen molar-refractivity contribution in [1.82, 2.24) is 9.78 Å². The summed E-state index contributed by atoms with van der Waals surface area (Å²) in [6, 6.07) is 2.69. The molecule has 96 valence electrons. The van der Waals surface area contributed by atoms with Gasteiger partial charge in [-0.2, -0.15) is 4.39 Å². The van der Waals surface area contributed by atoms with Crippen LogP contribution in [0.5, 0.6) is 0 Å². The summed E-state index contributed by atoms with van der Waals surface area (Å²) >= 11 is 3.10. The molecular formula is C12H11BrF2N2O. The molecule has 1 unspecified atom stereocenters. The number of hydrogen-bond acceptors (Lipinski definition) is 2. The molecule has 1 aromatic carbocycles. The third-order valence-corrected chi connectivity index (χ3v) is 3.74. The smallest absolute Gasteiger partial charge is 0.240 e. The first-order valence-electron chi connectivity index (χ1n) is 5.81. The quantitative estimate of drug-likeness (QED) is 0.800. The summed E-state index contributed by atoms with van der Waals surface area (Å²) in [6.45, 7) is 0.649. The summed E-state index contributed by atoms with van der Waals surface area (Å²) in [5.41, 5.74) is 0.549. The molecule has 0 bridgehead atoms. The number of benzene rings is 1. The highest BCUT2D eigenvalue weighted by molar-refractivity contribution is 9.10. The van der Waals surface area contributed by atoms with E-state index >= 15 is 0 Å². The summed E-state index contributed by atoms with van der Waals surface area (Å²) < 4.78 is 34.5. The molecule has 2 heterocycles. The van der Waals surface area contributed by atoms with Crippen LogP contribution in [-0.2, 0) is 4.74 Å². The van der Waals surface area contributed by atoms with Crippen LogP contribution in [0.4, 0.5) is 8.78 Å². The average Bonchev–Trinajstić information content (AvgIpc) is 2.69. The van der Waals surface area contributed by atoms with Crippen LogP contribution >= 0.6 is 15.9 Å². The number of ether oxygens (including phenoxy) is 1. The van der Waals surface area contributed by atoms with Crippen LogP contribution < -0.4 is 0 Å². The van der Waals surface area contributed by atoms with Crippen molar-refractivity contribution in [3.8, 4) is 0 Å². The minimum Gasteiger partial charge on any atom is -0.356 e. The molecule has 0 aliphatic carbocycles. The van der Waals surface area contributed by atoms with E-state index in [1.165, 1.54) is 4.68 Å². The van der Waals surface area contributed by atoms with Gasteiger partial charge >= 0.3 is 0 Å². The van der Waals surface area contributed by atoms with Crippen LogP contribution in [0.25, 0.3) is 10.9 Å². The average molecular weight is 317 g/mol. The van der Waals surface area contributed by atoms with E-state index < -0.39 is 11.8 Å². The molecule has 0 spiro atoms. The second-order valence-electron chi connectivity index (χ2n) is 4.34. The summed E-state index contributed by atoms with van der Waals surface area (Å²) in [5.74, 6) is -1.16. The lowest BCUT2D eigenvalue weighted by Crippen LogP contribution is -2.19. The number of fused-ring (bicyclic) bond motifs is 1. The number of halogens is 3. The van der Waals surface area contributed by atoms with Gasteiger partial charge in [-0.1, -0.05) is 0 Å². The zero-order chi connectivity index (χ0) is 12.7. The zero-order valence-corrected chi connectivity index (χ0v) is 11.1. The maximum atomic E-state index is 13.7. The van der Waals surface area contributed by atoms with Crippen LogP contribution in [0, 0.1) is 11.8 Å². The first-order valence-corrected chi connectivity index (χ1v) is 6.60. The Kier molecular flexibility index (Phi) is 3.07. The van der Waals surface area contributed by atoms with Crippen molar-refractivity contribution in [3.63, 3.8) is 0 Å². The molecule has 1 atom stereocenters. The topological polar surface area (TPSA) is 27.1 Å². The van der Waals surface area contributed by atoms with Crippen LogP contribution in [0.15, 0.2) is 16.6 Å². The van der Waals surface area contributed by atoms with Crippen LogP contribution in [0.1, 0.15) is 25.5 Å². The first-order chi connectivity index (χ1) is 8.66. The lowest BCUT2D eigenvalue weighted by Gasteiger charge is -2.23. The predicted molar refractivity (Wildman–Crippen MR) is 66.2 cm³/mol. The molecule has 0 amide bonds. The molecule has 6 heteroatoms. The molecule has 3 nitrogen and oxygen atoms in total. The molecule has 1 aliphatic rings. The third kappa shape index (κ3) is 1.93. The minimum atomic E-state index is -0.662. The molecule has 1 fully saturated rings. The number of nitrogens with zero attached hydrogens (tertiary/aromatic N) is 2. The Morgan fingerprint density at radius 1 is 1.33 bits per heavy atom. The summed E-state index contributed by atoms with van der Waals surface area (Å²) in [5, 5.41) is 4.02. The molecule has 0 N–H and O–H groups in total. The van der Waals surface area contributed by atoms with E-state index in [-0.39, 0.29) is 11.6 Å². The maximum Gasteiger partial charge on any atom is 0.240 e. The van der Waals surface area contributed by atoms with Gasteiger partial charge in [0.15, 0.2) is 6.23 Å². The van der Waals surface area contributed by atoms with Crippen molar-refractivity contribution in [2.75, 3.05) is 6.61 Å². The van der Waals surface area contributed by atoms with Crippen molar-refractivity contribution in [1.29, 1.82) is 0 Å². The lowest BCUT2D eigenvalue weighted by molar-refractivity contribution is -0.0375. The van der Waals surface area contributed by atoms with Gasteiger partial charge in [-0.25, -0.2) is 9.07 Å². The van der Waals surface area contributed by atoms with E-state index in [1.807, 2.05) is 0 Å². The molecule has 0 saturated carbocycles. The lowest BCUT2D eigenvalue weighted by atomic mass is 10.2. The molecule has 1 saturated heterocycles. The van der Waals surface area contributed by atoms with E-state index in [0.717, 1.165) is 25.3 Å². The first kappa shape index (κ1) is 12.0. The standard InChI is InChI=1S/C12H11BrF2N2O/c13-8-6-10-7(5-9(8)14)12(15)16-17(10)11-3-1-2-4-18-11/h5-6,11H,1-4H2. The zero-order valence-electron chi connectivity index (χ0n) is 9.50. The number of rotatable bonds is 1. The Hall–Kier alpha value is -1.01. The highest BCUT2D eigenvalue weighted by Crippen LogP contribution is 2.30. The molecule has 18 heavy (non-hydrogen) atoms. The van der Waals surface area contributed by atoms with Gasteiger partial charge in [0, 0.05) is 6.61 Å². The number of aromatic nitrogens is 2. The third-order valence-electron chi connectivity index (χ3n) is 3.13. The Morgan fingerprint density at radius 2 is 2.17 bits per heavy atom. The van der Waals surface area contributed by atoms with Crippen molar-refractivity contribution in [2.45, 2.75) is 25.5 Å². The van der Waals surface area contributed by atoms with Gasteiger partial charge in [0.05, 0.1) is 15.4 Å². The monoisotopic (exact) mass is 316 g/mol. The summed E-state index contributed by atoms with van der Waals surface area (Å²) in [7, 11) is 0. The predicted octanol–water partition coefficient (Wildman–Crippen LogP) is 3.78. The van der Waals surface area contributed by atoms with Crippen LogP contribution in [0.2, 0.25) is 0 Å². The molecule has 3 rings (SSSR count). The van der Waals surface area contributed by atoms with E-state index in [0.29, 0.717) is 16.6 Å². The van der Waals surface area contributed by atoms with Gasteiger partial charge in [0.1, 0.15) is 5.82 Å². The van der Waals surface area contributed by atoms with Gasteiger partial charge in [-0.05, 0) is 47.3 Å². The van der Waals surface area contributed by atoms with Crippen molar-refractivity contribution in [3.05, 3.63) is 28.4 Å². The van der Waals surface area contributed by atoms with Gasteiger partial charge < -0.3 is 4.74 Å². The van der Waals surface area contributed by atoms with Crippen LogP contribution in [-0.4, -0.2) is 16.4 Å². The Balaban J connectivity index is 2.14. The fraction of sp³-hybridized carbons (Fsp3) is 0.417. The van der Waals surface area contributed by atoms with Gasteiger partial charge in [-0.3, -0.25) is 0 Å². The Morgan fingerprint density at radius 3 is 2.89 bits per heavy atom. The fourth-order valence-corrected chi connectivity index (χ4v) is 2.56. The molecule has 0 radical (unpaired) electrons. The fourth-order valence-electron chi connectivity index (χ4n) is 2.23. The summed E-state index contributed by atoms with van der Waals surface area (Å²) in [6.07, 6.45) is 2.57. The van der Waals surface area contributed by atoms with E-state index in [1.54, 1.807) is 6.07 Å². The van der Waals surface area contributed by atoms with E-state index in [2.05, 4.69) is 21.0 Å². The van der Waals surface area contributed by atoms with Crippen molar-refractivity contribution >= 4 is 26.8 Å². The second kappa shape index (κ2) is 4.59. The van der Waals surface area contributed by atoms with E-state index in [4.69, 9.17) is 4.74 Å². The van der Waals surface area contributed by atoms with Crippen molar-refractivity contribution < 1.29 is 13.5 Å². The van der Waals surface area contributed by atoms with Crippen molar-refractivity contribution in [2.24, 2.45) is 0 Å². The molecule has 1 aromatic heterocycles. The highest BCUT2D eigenvalue weighted by Gasteiger charge is 2.22. The minimum absolute atomic E-state index is 0.185. The van der Waals surface area contributed by atoms with Gasteiger partial charge in [0.2, 0.25) is 5.95 Å². The second-order valence-corrected chi connectivity index (χ2v) is 5.19. The van der Waals surface area contributed by atoms with Gasteiger partial charge in [-0.15, -0.1) is 5.10 Å². The molecule has 1 aliphatic heterocycles. The normalized spacial score (nSPS) is 20.5. The molecular weight excluding hydrogens is 306 g/mol. The largest absolute Gasteiger partial charge is 0.356 e. The van der Waals surface area contributed by atoms with Crippen LogP contribution in [0.3, 0.4) is 0 Å². The molecule has 2 aromatic rings. The van der Waals surface area contributed by atoms with E-state index in [9.17, 15) is 8.78 Å². The summed E-state index contributed by atoms with van der Waals surface area (Å²) in [4.78, 5) is 0. The maximum absolute atomic E-state index is 13.7. The SMILES string of the molecule is Fc1cc2c(F)nn(C3CCCCO3)c2cc1Br. The number of hydrogen-bond donors (Lipinski definition) is 0. The Labute approximate surface area is 111 Å². The Bertz CT molecular complexity index is 593. The highest BCUT2D eigenvalue weighted by atomic mass is 79.9. The van der Waals surface area contributed by atoms with Gasteiger partial charge in [0.25, 0.3) is 0 Å².